The van der Waals surface area contributed by atoms with E-state index in [4.69, 9.17) is 22.1 Å². The molecular weight excluding hydrogens is 542 g/mol. The molecule has 0 saturated carbocycles. The molecule has 0 atom stereocenters. The number of anilines is 3. The molecule has 0 bridgehead atoms. The molecule has 2 aromatic carbocycles. The Morgan fingerprint density at radius 3 is 2.62 bits per heavy atom. The molecule has 0 spiro atoms. The highest BCUT2D eigenvalue weighted by Crippen LogP contribution is 2.40. The third kappa shape index (κ3) is 5.60. The Bertz CT molecular complexity index is 1540. The monoisotopic (exact) mass is 563 g/mol. The lowest BCUT2D eigenvalue weighted by atomic mass is 10.1. The standard InChI is InChI=1S/C25H22ClF4N7O2/c26-21-19(12-36-6-8-39-9-7-36)37-22(23(31)32-13-33-37)20(21)14-4-5-18(17(27)10-14)35-24(38)34-16-3-1-2-15(11-16)25(28,29)30/h1-5,10-11,13H,6-9,12H2,(H2,31,32,33)(H2,34,35,38). The quantitative estimate of drug-likeness (QED) is 0.286. The average molecular weight is 564 g/mol. The van der Waals surface area contributed by atoms with Crippen LogP contribution in [-0.4, -0.2) is 51.8 Å². The molecular formula is C25H22ClF4N7O2. The number of nitrogen functional groups attached to an aromatic ring is 1. The van der Waals surface area contributed by atoms with E-state index in [1.165, 1.54) is 30.6 Å². The Kier molecular flexibility index (Phi) is 7.30. The fourth-order valence-corrected chi connectivity index (χ4v) is 4.69. The zero-order valence-corrected chi connectivity index (χ0v) is 21.0. The number of nitrogens with one attached hydrogen (secondary N) is 2. The van der Waals surface area contributed by atoms with Gasteiger partial charge in [0.05, 0.1) is 35.2 Å². The number of carbonyl (C=O) groups is 1. The van der Waals surface area contributed by atoms with E-state index < -0.39 is 23.6 Å². The second kappa shape index (κ2) is 10.7. The summed E-state index contributed by atoms with van der Waals surface area (Å²) in [5, 5.41) is 9.22. The van der Waals surface area contributed by atoms with Crippen molar-refractivity contribution in [1.82, 2.24) is 19.5 Å². The van der Waals surface area contributed by atoms with E-state index in [0.29, 0.717) is 60.2 Å². The number of carbonyl (C=O) groups excluding carboxylic acids is 1. The van der Waals surface area contributed by atoms with Crippen molar-refractivity contribution >= 4 is 40.3 Å². The number of hydrogen-bond acceptors (Lipinski definition) is 6. The Balaban J connectivity index is 1.41. The van der Waals surface area contributed by atoms with Crippen LogP contribution in [0.25, 0.3) is 16.6 Å². The van der Waals surface area contributed by atoms with E-state index in [2.05, 4.69) is 25.6 Å². The Labute approximate surface area is 224 Å². The second-order valence-electron chi connectivity index (χ2n) is 8.78. The van der Waals surface area contributed by atoms with Crippen LogP contribution in [0.3, 0.4) is 0 Å². The maximum Gasteiger partial charge on any atom is 0.416 e. The summed E-state index contributed by atoms with van der Waals surface area (Å²) in [6.07, 6.45) is -3.26. The number of halogens is 5. The number of nitrogens with zero attached hydrogens (tertiary/aromatic N) is 4. The Morgan fingerprint density at radius 2 is 1.90 bits per heavy atom. The molecule has 4 aromatic rings. The molecule has 2 aromatic heterocycles. The summed E-state index contributed by atoms with van der Waals surface area (Å²) in [7, 11) is 0. The van der Waals surface area contributed by atoms with E-state index in [-0.39, 0.29) is 17.2 Å². The van der Waals surface area contributed by atoms with Gasteiger partial charge in [-0.1, -0.05) is 23.7 Å². The van der Waals surface area contributed by atoms with Crippen LogP contribution in [0.1, 0.15) is 11.3 Å². The van der Waals surface area contributed by atoms with Crippen molar-refractivity contribution in [3.63, 3.8) is 0 Å². The molecule has 1 saturated heterocycles. The van der Waals surface area contributed by atoms with Gasteiger partial charge in [-0.3, -0.25) is 4.90 Å². The lowest BCUT2D eigenvalue weighted by molar-refractivity contribution is -0.137. The van der Waals surface area contributed by atoms with Gasteiger partial charge in [-0.2, -0.15) is 18.3 Å². The SMILES string of the molecule is Nc1ncnn2c(CN3CCOCC3)c(Cl)c(-c3ccc(NC(=O)Nc4cccc(C(F)(F)F)c4)c(F)c3)c12. The molecule has 204 valence electrons. The van der Waals surface area contributed by atoms with Crippen LogP contribution in [0.5, 0.6) is 0 Å². The molecule has 1 aliphatic rings. The van der Waals surface area contributed by atoms with Crippen LogP contribution in [-0.2, 0) is 17.5 Å². The van der Waals surface area contributed by atoms with Crippen LogP contribution in [0.4, 0.5) is 39.5 Å². The Hall–Kier alpha value is -3.94. The number of aromatic nitrogens is 3. The number of morpholine rings is 1. The molecule has 4 N–H and O–H groups in total. The molecule has 2 amide bonds. The van der Waals surface area contributed by atoms with Gasteiger partial charge in [0.25, 0.3) is 0 Å². The summed E-state index contributed by atoms with van der Waals surface area (Å²) >= 11 is 6.81. The highest BCUT2D eigenvalue weighted by Gasteiger charge is 2.30. The molecule has 1 fully saturated rings. The van der Waals surface area contributed by atoms with Gasteiger partial charge in [0.2, 0.25) is 0 Å². The van der Waals surface area contributed by atoms with Gasteiger partial charge in [0.1, 0.15) is 17.7 Å². The lowest BCUT2D eigenvalue weighted by Gasteiger charge is -2.26. The number of fused-ring (bicyclic) bond motifs is 1. The molecule has 5 rings (SSSR count). The van der Waals surface area contributed by atoms with Gasteiger partial charge < -0.3 is 21.1 Å². The van der Waals surface area contributed by atoms with Crippen LogP contribution in [0.15, 0.2) is 48.8 Å². The predicted molar refractivity (Wildman–Crippen MR) is 138 cm³/mol. The lowest BCUT2D eigenvalue weighted by Crippen LogP contribution is -2.36. The first-order chi connectivity index (χ1) is 18.6. The molecule has 14 heteroatoms. The minimum Gasteiger partial charge on any atom is -0.382 e. The molecule has 0 radical (unpaired) electrons. The summed E-state index contributed by atoms with van der Waals surface area (Å²) in [5.74, 6) is -0.648. The van der Waals surface area contributed by atoms with Crippen molar-refractivity contribution < 1.29 is 27.1 Å². The third-order valence-electron chi connectivity index (χ3n) is 6.21. The minimum absolute atomic E-state index is 0.102. The van der Waals surface area contributed by atoms with E-state index in [1.807, 2.05) is 0 Å². The largest absolute Gasteiger partial charge is 0.416 e. The maximum atomic E-state index is 15.1. The number of hydrogen-bond donors (Lipinski definition) is 3. The topological polar surface area (TPSA) is 110 Å². The zero-order chi connectivity index (χ0) is 27.7. The normalized spacial score (nSPS) is 14.5. The molecule has 0 unspecified atom stereocenters. The van der Waals surface area contributed by atoms with E-state index in [0.717, 1.165) is 18.2 Å². The summed E-state index contributed by atoms with van der Waals surface area (Å²) in [5.41, 5.74) is 6.80. The molecule has 0 aliphatic carbocycles. The fourth-order valence-electron chi connectivity index (χ4n) is 4.35. The van der Waals surface area contributed by atoms with Crippen molar-refractivity contribution in [2.24, 2.45) is 0 Å². The molecule has 9 nitrogen and oxygen atoms in total. The van der Waals surface area contributed by atoms with Crippen molar-refractivity contribution in [2.45, 2.75) is 12.7 Å². The summed E-state index contributed by atoms with van der Waals surface area (Å²) < 4.78 is 61.0. The summed E-state index contributed by atoms with van der Waals surface area (Å²) in [6.45, 7) is 3.05. The average Bonchev–Trinajstić information content (AvgIpc) is 3.18. The summed E-state index contributed by atoms with van der Waals surface area (Å²) in [4.78, 5) is 18.6. The Morgan fingerprint density at radius 1 is 1.13 bits per heavy atom. The van der Waals surface area contributed by atoms with E-state index in [9.17, 15) is 18.0 Å². The van der Waals surface area contributed by atoms with Gasteiger partial charge >= 0.3 is 12.2 Å². The van der Waals surface area contributed by atoms with Crippen LogP contribution >= 0.6 is 11.6 Å². The number of urea groups is 1. The van der Waals surface area contributed by atoms with Crippen molar-refractivity contribution in [3.8, 4) is 11.1 Å². The first kappa shape index (κ1) is 26.7. The van der Waals surface area contributed by atoms with Gasteiger partial charge in [0, 0.05) is 30.9 Å². The van der Waals surface area contributed by atoms with Crippen LogP contribution < -0.4 is 16.4 Å². The van der Waals surface area contributed by atoms with Gasteiger partial charge in [-0.05, 0) is 35.9 Å². The first-order valence-electron chi connectivity index (χ1n) is 11.8. The van der Waals surface area contributed by atoms with Crippen molar-refractivity contribution in [1.29, 1.82) is 0 Å². The number of amides is 2. The van der Waals surface area contributed by atoms with Crippen molar-refractivity contribution in [2.75, 3.05) is 42.7 Å². The number of benzene rings is 2. The van der Waals surface area contributed by atoms with Gasteiger partial charge in [0.15, 0.2) is 5.82 Å². The second-order valence-corrected chi connectivity index (χ2v) is 9.16. The smallest absolute Gasteiger partial charge is 0.382 e. The molecule has 39 heavy (non-hydrogen) atoms. The van der Waals surface area contributed by atoms with Crippen molar-refractivity contribution in [3.05, 3.63) is 70.9 Å². The minimum atomic E-state index is -4.57. The number of rotatable bonds is 5. The zero-order valence-electron chi connectivity index (χ0n) is 20.2. The fraction of sp³-hybridized carbons (Fsp3) is 0.240. The van der Waals surface area contributed by atoms with Gasteiger partial charge in [-0.15, -0.1) is 0 Å². The highest BCUT2D eigenvalue weighted by atomic mass is 35.5. The molecule has 1 aliphatic heterocycles. The van der Waals surface area contributed by atoms with Crippen LogP contribution in [0.2, 0.25) is 5.02 Å². The maximum absolute atomic E-state index is 15.1. The van der Waals surface area contributed by atoms with E-state index in [1.54, 1.807) is 4.52 Å². The van der Waals surface area contributed by atoms with E-state index >= 15 is 4.39 Å². The molecule has 3 heterocycles. The number of ether oxygens (including phenoxy) is 1. The highest BCUT2D eigenvalue weighted by molar-refractivity contribution is 6.35. The summed E-state index contributed by atoms with van der Waals surface area (Å²) in [6, 6.07) is 7.21. The van der Waals surface area contributed by atoms with Gasteiger partial charge in [-0.25, -0.2) is 18.7 Å². The first-order valence-corrected chi connectivity index (χ1v) is 12.1. The van der Waals surface area contributed by atoms with Crippen LogP contribution in [0, 0.1) is 5.82 Å². The number of nitrogens with two attached hydrogens (primary N) is 1. The third-order valence-corrected chi connectivity index (χ3v) is 6.62. The predicted octanol–water partition coefficient (Wildman–Crippen LogP) is 5.27. The number of alkyl halides is 3.